The van der Waals surface area contributed by atoms with Crippen LogP contribution in [0.4, 0.5) is 5.69 Å². The van der Waals surface area contributed by atoms with Crippen molar-refractivity contribution in [2.24, 2.45) is 0 Å². The fraction of sp³-hybridized carbons (Fsp3) is 0.105. The molecule has 0 bridgehead atoms. The van der Waals surface area contributed by atoms with Crippen molar-refractivity contribution in [3.8, 4) is 0 Å². The van der Waals surface area contributed by atoms with Gasteiger partial charge in [-0.1, -0.05) is 18.2 Å². The largest absolute Gasteiger partial charge is 0.361 e. The molecule has 1 aliphatic heterocycles. The molecule has 1 aliphatic rings. The first-order chi connectivity index (χ1) is 13.1. The molecule has 4 rings (SSSR count). The second-order valence-corrected chi connectivity index (χ2v) is 6.28. The van der Waals surface area contributed by atoms with Gasteiger partial charge in [-0.15, -0.1) is 0 Å². The van der Waals surface area contributed by atoms with Crippen molar-refractivity contribution >= 4 is 34.3 Å². The van der Waals surface area contributed by atoms with Crippen molar-refractivity contribution < 1.29 is 19.6 Å². The Bertz CT molecular complexity index is 1070. The Hall–Kier alpha value is -3.65. The number of aromatic amines is 1. The minimum Gasteiger partial charge on any atom is -0.361 e. The summed E-state index contributed by atoms with van der Waals surface area (Å²) in [5.74, 6) is -1.52. The number of benzene rings is 2. The number of H-pyrrole nitrogens is 1. The molecule has 27 heavy (non-hydrogen) atoms. The molecular weight excluding hydrogens is 348 g/mol. The zero-order chi connectivity index (χ0) is 19.0. The Morgan fingerprint density at radius 2 is 1.96 bits per heavy atom. The van der Waals surface area contributed by atoms with Gasteiger partial charge in [0.25, 0.3) is 11.8 Å². The number of rotatable bonds is 3. The average molecular weight is 364 g/mol. The maximum Gasteiger partial charge on any atom is 0.274 e. The zero-order valence-electron chi connectivity index (χ0n) is 14.1. The lowest BCUT2D eigenvalue weighted by molar-refractivity contribution is -0.117. The molecule has 3 amide bonds. The van der Waals surface area contributed by atoms with Gasteiger partial charge in [0.2, 0.25) is 5.91 Å². The Kier molecular flexibility index (Phi) is 4.09. The summed E-state index contributed by atoms with van der Waals surface area (Å²) in [7, 11) is 0. The molecule has 0 fully saturated rings. The van der Waals surface area contributed by atoms with Gasteiger partial charge < -0.3 is 15.6 Å². The van der Waals surface area contributed by atoms with Crippen LogP contribution in [0.1, 0.15) is 26.3 Å². The number of carbonyl (C=O) groups excluding carboxylic acids is 3. The molecule has 2 aromatic carbocycles. The molecule has 0 unspecified atom stereocenters. The van der Waals surface area contributed by atoms with Crippen LogP contribution in [-0.2, 0) is 11.2 Å². The summed E-state index contributed by atoms with van der Waals surface area (Å²) in [6, 6.07) is 11.1. The second kappa shape index (κ2) is 6.58. The molecule has 1 aromatic heterocycles. The molecule has 0 saturated carbocycles. The predicted molar refractivity (Wildman–Crippen MR) is 97.6 cm³/mol. The van der Waals surface area contributed by atoms with E-state index in [1.807, 2.05) is 30.5 Å². The van der Waals surface area contributed by atoms with E-state index in [2.05, 4.69) is 15.6 Å². The lowest BCUT2D eigenvalue weighted by Crippen LogP contribution is -2.42. The van der Waals surface area contributed by atoms with E-state index in [4.69, 9.17) is 5.21 Å². The van der Waals surface area contributed by atoms with Crippen molar-refractivity contribution in [3.05, 3.63) is 65.4 Å². The molecule has 0 aliphatic carbocycles. The van der Waals surface area contributed by atoms with Gasteiger partial charge in [0.05, 0.1) is 11.3 Å². The SMILES string of the molecule is O=C(NO)c1ccc2c(c1)NC(=O)[C@H](Cc1c[nH]c3ccccc13)NC2=O. The maximum atomic E-state index is 12.6. The second-order valence-electron chi connectivity index (χ2n) is 6.28. The third-order valence-electron chi connectivity index (χ3n) is 4.61. The van der Waals surface area contributed by atoms with Gasteiger partial charge in [-0.25, -0.2) is 5.48 Å². The minimum absolute atomic E-state index is 0.124. The van der Waals surface area contributed by atoms with Crippen LogP contribution in [0.3, 0.4) is 0 Å². The van der Waals surface area contributed by atoms with Gasteiger partial charge in [0, 0.05) is 29.1 Å². The summed E-state index contributed by atoms with van der Waals surface area (Å²) in [5.41, 5.74) is 3.99. The van der Waals surface area contributed by atoms with E-state index >= 15 is 0 Å². The molecule has 0 spiro atoms. The number of para-hydroxylation sites is 1. The first kappa shape index (κ1) is 16.8. The van der Waals surface area contributed by atoms with Gasteiger partial charge in [-0.05, 0) is 29.8 Å². The zero-order valence-corrected chi connectivity index (χ0v) is 14.1. The molecule has 8 nitrogen and oxygen atoms in total. The first-order valence-corrected chi connectivity index (χ1v) is 8.32. The van der Waals surface area contributed by atoms with Crippen molar-refractivity contribution in [3.63, 3.8) is 0 Å². The highest BCUT2D eigenvalue weighted by atomic mass is 16.5. The van der Waals surface area contributed by atoms with Crippen LogP contribution in [0.2, 0.25) is 0 Å². The third-order valence-corrected chi connectivity index (χ3v) is 4.61. The smallest absolute Gasteiger partial charge is 0.274 e. The molecular formula is C19H16N4O4. The van der Waals surface area contributed by atoms with Gasteiger partial charge in [0.15, 0.2) is 0 Å². The van der Waals surface area contributed by atoms with Crippen molar-refractivity contribution in [2.45, 2.75) is 12.5 Å². The fourth-order valence-electron chi connectivity index (χ4n) is 3.24. The summed E-state index contributed by atoms with van der Waals surface area (Å²) < 4.78 is 0. The van der Waals surface area contributed by atoms with Crippen molar-refractivity contribution in [1.82, 2.24) is 15.8 Å². The van der Waals surface area contributed by atoms with Crippen molar-refractivity contribution in [2.75, 3.05) is 5.32 Å². The number of aromatic nitrogens is 1. The quantitative estimate of drug-likeness (QED) is 0.358. The molecule has 5 N–H and O–H groups in total. The van der Waals surface area contributed by atoms with Gasteiger partial charge in [-0.2, -0.15) is 0 Å². The van der Waals surface area contributed by atoms with E-state index in [-0.39, 0.29) is 22.7 Å². The first-order valence-electron chi connectivity index (χ1n) is 8.32. The highest BCUT2D eigenvalue weighted by molar-refractivity contribution is 6.11. The Balaban J connectivity index is 1.63. The van der Waals surface area contributed by atoms with Gasteiger partial charge >= 0.3 is 0 Å². The van der Waals surface area contributed by atoms with Crippen molar-refractivity contribution in [1.29, 1.82) is 0 Å². The van der Waals surface area contributed by atoms with Gasteiger partial charge in [0.1, 0.15) is 6.04 Å². The Morgan fingerprint density at radius 1 is 1.15 bits per heavy atom. The number of nitrogens with one attached hydrogen (secondary N) is 4. The highest BCUT2D eigenvalue weighted by Crippen LogP contribution is 2.24. The minimum atomic E-state index is -0.765. The number of hydroxylamine groups is 1. The summed E-state index contributed by atoms with van der Waals surface area (Å²) in [6.45, 7) is 0. The summed E-state index contributed by atoms with van der Waals surface area (Å²) >= 11 is 0. The summed E-state index contributed by atoms with van der Waals surface area (Å²) in [5, 5.41) is 15.2. The molecule has 0 saturated heterocycles. The Labute approximate surface area is 153 Å². The third kappa shape index (κ3) is 3.02. The molecule has 8 heteroatoms. The maximum absolute atomic E-state index is 12.6. The van der Waals surface area contributed by atoms with E-state index in [1.54, 1.807) is 0 Å². The van der Waals surface area contributed by atoms with Crippen LogP contribution < -0.4 is 16.1 Å². The number of carbonyl (C=O) groups is 3. The number of amides is 3. The molecule has 3 aromatic rings. The fourth-order valence-corrected chi connectivity index (χ4v) is 3.24. The average Bonchev–Trinajstić information content (AvgIpc) is 3.04. The van der Waals surface area contributed by atoms with E-state index in [9.17, 15) is 14.4 Å². The van der Waals surface area contributed by atoms with Crippen LogP contribution in [0.15, 0.2) is 48.7 Å². The van der Waals surface area contributed by atoms with Gasteiger partial charge in [-0.3, -0.25) is 19.6 Å². The van der Waals surface area contributed by atoms with E-state index in [1.165, 1.54) is 23.7 Å². The highest BCUT2D eigenvalue weighted by Gasteiger charge is 2.29. The standard InChI is InChI=1S/C19H16N4O4/c24-17(23-27)10-5-6-13-15(7-10)21-19(26)16(22-18(13)25)8-11-9-20-14-4-2-1-3-12(11)14/h1-7,9,16,20,27H,8H2,(H,21,26)(H,22,25)(H,23,24)/t16-/m0/s1. The lowest BCUT2D eigenvalue weighted by atomic mass is 10.0. The number of fused-ring (bicyclic) bond motifs is 2. The van der Waals surface area contributed by atoms with E-state index in [0.717, 1.165) is 16.5 Å². The number of hydrogen-bond donors (Lipinski definition) is 5. The Morgan fingerprint density at radius 3 is 2.78 bits per heavy atom. The van der Waals surface area contributed by atoms with Crippen LogP contribution in [0.25, 0.3) is 10.9 Å². The van der Waals surface area contributed by atoms with Crippen LogP contribution in [0.5, 0.6) is 0 Å². The van der Waals surface area contributed by atoms with Crippen LogP contribution >= 0.6 is 0 Å². The predicted octanol–water partition coefficient (Wildman–Crippen LogP) is 1.58. The lowest BCUT2D eigenvalue weighted by Gasteiger charge is -2.14. The number of anilines is 1. The normalized spacial score (nSPS) is 16.3. The monoisotopic (exact) mass is 364 g/mol. The molecule has 1 atom stereocenters. The molecule has 136 valence electrons. The van der Waals surface area contributed by atoms with Crippen LogP contribution in [0, 0.1) is 0 Å². The van der Waals surface area contributed by atoms with E-state index < -0.39 is 17.9 Å². The topological polar surface area (TPSA) is 123 Å². The molecule has 0 radical (unpaired) electrons. The van der Waals surface area contributed by atoms with Crippen LogP contribution in [-0.4, -0.2) is 34.0 Å². The molecule has 2 heterocycles. The van der Waals surface area contributed by atoms with E-state index in [0.29, 0.717) is 6.42 Å². The number of hydrogen-bond acceptors (Lipinski definition) is 4. The summed E-state index contributed by atoms with van der Waals surface area (Å²) in [6.07, 6.45) is 2.14. The summed E-state index contributed by atoms with van der Waals surface area (Å²) in [4.78, 5) is 39.9.